The van der Waals surface area contributed by atoms with Crippen molar-refractivity contribution in [1.82, 2.24) is 14.8 Å². The van der Waals surface area contributed by atoms with E-state index in [1.54, 1.807) is 36.7 Å². The monoisotopic (exact) mass is 427 g/mol. The van der Waals surface area contributed by atoms with E-state index < -0.39 is 0 Å². The molecule has 0 saturated heterocycles. The molecule has 0 radical (unpaired) electrons. The van der Waals surface area contributed by atoms with Crippen LogP contribution in [0, 0.1) is 9.54 Å². The van der Waals surface area contributed by atoms with E-state index in [1.165, 1.54) is 0 Å². The molecule has 3 aromatic rings. The van der Waals surface area contributed by atoms with Gasteiger partial charge < -0.3 is 15.4 Å². The maximum atomic E-state index is 12.3. The number of nitrogens with one attached hydrogen (secondary N) is 4. The molecule has 150 valence electrons. The minimum absolute atomic E-state index is 0.125. The van der Waals surface area contributed by atoms with Crippen LogP contribution in [0.2, 0.25) is 0 Å². The van der Waals surface area contributed by atoms with Crippen molar-refractivity contribution in [3.05, 3.63) is 69.7 Å². The van der Waals surface area contributed by atoms with Gasteiger partial charge in [0.15, 0.2) is 22.1 Å². The Balaban J connectivity index is 1.72. The third kappa shape index (κ3) is 4.64. The highest BCUT2D eigenvalue weighted by Gasteiger charge is 2.13. The largest absolute Gasteiger partial charge is 0.473 e. The first-order valence-electron chi connectivity index (χ1n) is 8.79. The molecule has 0 spiro atoms. The summed E-state index contributed by atoms with van der Waals surface area (Å²) in [5.74, 6) is 0.452. The van der Waals surface area contributed by atoms with Crippen LogP contribution in [-0.4, -0.2) is 34.3 Å². The fourth-order valence-electron chi connectivity index (χ4n) is 2.75. The second-order valence-electron chi connectivity index (χ2n) is 6.28. The highest BCUT2D eigenvalue weighted by atomic mass is 32.1. The van der Waals surface area contributed by atoms with Gasteiger partial charge in [0.1, 0.15) is 5.75 Å². The van der Waals surface area contributed by atoms with Crippen LogP contribution in [0.15, 0.2) is 54.6 Å². The first-order valence-corrected chi connectivity index (χ1v) is 9.61. The van der Waals surface area contributed by atoms with Crippen molar-refractivity contribution in [3.63, 3.8) is 0 Å². The number of hydrogen-bond acceptors (Lipinski definition) is 6. The summed E-state index contributed by atoms with van der Waals surface area (Å²) in [6.45, 7) is 5.63. The molecule has 0 unspecified atom stereocenters. The second-order valence-corrected chi connectivity index (χ2v) is 7.05. The summed E-state index contributed by atoms with van der Waals surface area (Å²) in [4.78, 5) is 12.3. The molecular formula is C20H21N5O2S2. The maximum absolute atomic E-state index is 12.3. The Morgan fingerprint density at radius 2 is 1.90 bits per heavy atom. The molecule has 0 atom stereocenters. The third-order valence-electron chi connectivity index (χ3n) is 4.19. The summed E-state index contributed by atoms with van der Waals surface area (Å²) in [6, 6.07) is 12.9. The number of ether oxygens (including phenoxy) is 1. The summed E-state index contributed by atoms with van der Waals surface area (Å²) < 4.78 is 8.48. The number of aromatic nitrogens is 3. The van der Waals surface area contributed by atoms with Crippen LogP contribution in [0.25, 0.3) is 5.69 Å². The normalized spacial score (nSPS) is 10.4. The van der Waals surface area contributed by atoms with Crippen molar-refractivity contribution in [2.75, 3.05) is 24.4 Å². The zero-order chi connectivity index (χ0) is 21.0. The van der Waals surface area contributed by atoms with Gasteiger partial charge in [-0.2, -0.15) is 0 Å². The number of nitrogens with zero attached hydrogens (tertiary/aromatic N) is 1. The van der Waals surface area contributed by atoms with Crippen molar-refractivity contribution in [2.45, 2.75) is 6.92 Å². The molecule has 29 heavy (non-hydrogen) atoms. The minimum Gasteiger partial charge on any atom is -0.473 e. The average Bonchev–Trinajstić information content (AvgIpc) is 3.05. The predicted molar refractivity (Wildman–Crippen MR) is 120 cm³/mol. The van der Waals surface area contributed by atoms with Crippen molar-refractivity contribution >= 4 is 41.6 Å². The van der Waals surface area contributed by atoms with Crippen LogP contribution in [0.5, 0.6) is 5.75 Å². The van der Waals surface area contributed by atoms with Gasteiger partial charge in [-0.15, -0.1) is 0 Å². The van der Waals surface area contributed by atoms with E-state index in [0.29, 0.717) is 26.4 Å². The van der Waals surface area contributed by atoms with Crippen LogP contribution in [0.4, 0.5) is 11.4 Å². The Hall–Kier alpha value is -3.17. The molecule has 0 aliphatic carbocycles. The van der Waals surface area contributed by atoms with Crippen LogP contribution >= 0.6 is 24.4 Å². The standard InChI is InChI=1S/C20H21N5O2S2/c1-12(2)18(26)16-10-15(7-8-17(16)21-3)27-11-22-13-5-4-6-14(9-13)25-19(28)23-24-20(25)29/h4-10,21-22H,1,11H2,2-3H3,(H,23,28)(H,24,29). The van der Waals surface area contributed by atoms with Crippen LogP contribution in [0.1, 0.15) is 17.3 Å². The fraction of sp³-hybridized carbons (Fsp3) is 0.150. The van der Waals surface area contributed by atoms with Crippen LogP contribution < -0.4 is 15.4 Å². The molecule has 0 aliphatic heterocycles. The summed E-state index contributed by atoms with van der Waals surface area (Å²) in [5.41, 5.74) is 3.39. The predicted octanol–water partition coefficient (Wildman–Crippen LogP) is 4.84. The molecule has 7 nitrogen and oxygen atoms in total. The molecule has 9 heteroatoms. The number of carbonyl (C=O) groups excluding carboxylic acids is 1. The number of ketones is 1. The molecule has 0 fully saturated rings. The molecular weight excluding hydrogens is 406 g/mol. The molecule has 0 bridgehead atoms. The molecule has 1 heterocycles. The highest BCUT2D eigenvalue weighted by Crippen LogP contribution is 2.24. The molecule has 0 aliphatic rings. The summed E-state index contributed by atoms with van der Waals surface area (Å²) >= 11 is 10.5. The molecule has 0 amide bonds. The van der Waals surface area contributed by atoms with Crippen LogP contribution in [0.3, 0.4) is 0 Å². The van der Waals surface area contributed by atoms with Gasteiger partial charge in [0.25, 0.3) is 0 Å². The quantitative estimate of drug-likeness (QED) is 0.178. The van der Waals surface area contributed by atoms with E-state index in [-0.39, 0.29) is 12.5 Å². The Labute approximate surface area is 178 Å². The number of carbonyl (C=O) groups is 1. The highest BCUT2D eigenvalue weighted by molar-refractivity contribution is 7.72. The van der Waals surface area contributed by atoms with Gasteiger partial charge in [-0.3, -0.25) is 19.6 Å². The summed E-state index contributed by atoms with van der Waals surface area (Å²) in [6.07, 6.45) is 0. The van der Waals surface area contributed by atoms with Gasteiger partial charge in [0.05, 0.1) is 5.69 Å². The van der Waals surface area contributed by atoms with E-state index in [0.717, 1.165) is 17.1 Å². The maximum Gasteiger partial charge on any atom is 0.198 e. The lowest BCUT2D eigenvalue weighted by molar-refractivity contribution is 0.103. The fourth-order valence-corrected chi connectivity index (χ4v) is 3.31. The number of Topliss-reactive ketones (excluding diaryl/α,β-unsaturated/α-hetero) is 1. The van der Waals surface area contributed by atoms with Crippen molar-refractivity contribution in [2.24, 2.45) is 0 Å². The van der Waals surface area contributed by atoms with Gasteiger partial charge in [-0.05, 0) is 73.3 Å². The van der Waals surface area contributed by atoms with E-state index in [4.69, 9.17) is 29.2 Å². The Bertz CT molecular complexity index is 1150. The lowest BCUT2D eigenvalue weighted by atomic mass is 10.0. The van der Waals surface area contributed by atoms with Crippen molar-refractivity contribution < 1.29 is 9.53 Å². The van der Waals surface area contributed by atoms with E-state index >= 15 is 0 Å². The van der Waals surface area contributed by atoms with Gasteiger partial charge in [0, 0.05) is 24.0 Å². The lowest BCUT2D eigenvalue weighted by Gasteiger charge is -2.13. The number of hydrogen-bond donors (Lipinski definition) is 4. The van der Waals surface area contributed by atoms with Gasteiger partial charge in [-0.25, -0.2) is 0 Å². The second kappa shape index (κ2) is 8.89. The minimum atomic E-state index is -0.125. The van der Waals surface area contributed by atoms with Crippen LogP contribution in [-0.2, 0) is 0 Å². The first-order chi connectivity index (χ1) is 13.9. The number of H-pyrrole nitrogens is 2. The van der Waals surface area contributed by atoms with Gasteiger partial charge >= 0.3 is 0 Å². The Kier molecular flexibility index (Phi) is 6.30. The summed E-state index contributed by atoms with van der Waals surface area (Å²) in [7, 11) is 1.77. The van der Waals surface area contributed by atoms with E-state index in [2.05, 4.69) is 27.4 Å². The molecule has 4 N–H and O–H groups in total. The topological polar surface area (TPSA) is 86.9 Å². The Morgan fingerprint density at radius 1 is 1.17 bits per heavy atom. The van der Waals surface area contributed by atoms with Crippen molar-refractivity contribution in [1.29, 1.82) is 0 Å². The molecule has 0 saturated carbocycles. The number of anilines is 2. The number of allylic oxidation sites excluding steroid dienone is 1. The third-order valence-corrected chi connectivity index (χ3v) is 4.76. The molecule has 3 rings (SSSR count). The number of rotatable bonds is 8. The molecule has 1 aromatic heterocycles. The zero-order valence-electron chi connectivity index (χ0n) is 16.0. The smallest absolute Gasteiger partial charge is 0.198 e. The Morgan fingerprint density at radius 3 is 2.55 bits per heavy atom. The first kappa shape index (κ1) is 20.6. The average molecular weight is 428 g/mol. The number of benzene rings is 2. The summed E-state index contributed by atoms with van der Waals surface area (Å²) in [5, 5.41) is 11.8. The van der Waals surface area contributed by atoms with Gasteiger partial charge in [0.2, 0.25) is 0 Å². The van der Waals surface area contributed by atoms with Crippen molar-refractivity contribution in [3.8, 4) is 11.4 Å². The van der Waals surface area contributed by atoms with E-state index in [1.807, 2.05) is 24.3 Å². The molecule has 2 aromatic carbocycles. The zero-order valence-corrected chi connectivity index (χ0v) is 17.7. The van der Waals surface area contributed by atoms with E-state index in [9.17, 15) is 4.79 Å². The number of aromatic amines is 2. The van der Waals surface area contributed by atoms with Gasteiger partial charge in [-0.1, -0.05) is 12.6 Å². The lowest BCUT2D eigenvalue weighted by Crippen LogP contribution is -2.10. The SMILES string of the molecule is C=C(C)C(=O)c1cc(OCNc2cccc(-n3c(=S)[nH][nH]c3=S)c2)ccc1NC.